The summed E-state index contributed by atoms with van der Waals surface area (Å²) in [6.45, 7) is 1.97. The van der Waals surface area contributed by atoms with Crippen molar-refractivity contribution in [1.82, 2.24) is 9.97 Å². The van der Waals surface area contributed by atoms with Gasteiger partial charge in [0.15, 0.2) is 5.82 Å². The molecule has 0 radical (unpaired) electrons. The van der Waals surface area contributed by atoms with E-state index in [0.29, 0.717) is 22.2 Å². The first-order chi connectivity index (χ1) is 11.0. The molecule has 2 aromatic carbocycles. The van der Waals surface area contributed by atoms with E-state index in [0.717, 1.165) is 11.3 Å². The molecule has 116 valence electrons. The van der Waals surface area contributed by atoms with Crippen LogP contribution in [0.15, 0.2) is 48.5 Å². The molecule has 3 aromatic rings. The molecule has 0 amide bonds. The predicted octanol–water partition coefficient (Wildman–Crippen LogP) is 5.64. The zero-order valence-corrected chi connectivity index (χ0v) is 13.7. The van der Waals surface area contributed by atoms with Crippen LogP contribution in [0, 0.1) is 12.7 Å². The van der Waals surface area contributed by atoms with Gasteiger partial charge in [0.05, 0.1) is 10.7 Å². The summed E-state index contributed by atoms with van der Waals surface area (Å²) < 4.78 is 13.0. The van der Waals surface area contributed by atoms with Crippen molar-refractivity contribution in [1.29, 1.82) is 0 Å². The summed E-state index contributed by atoms with van der Waals surface area (Å²) in [5, 5.41) is 3.99. The number of nitrogens with one attached hydrogen (secondary N) is 1. The second-order valence-electron chi connectivity index (χ2n) is 5.01. The number of hydrogen-bond donors (Lipinski definition) is 1. The lowest BCUT2D eigenvalue weighted by molar-refractivity contribution is 0.628. The van der Waals surface area contributed by atoms with Crippen LogP contribution in [-0.2, 0) is 0 Å². The molecule has 0 unspecified atom stereocenters. The minimum Gasteiger partial charge on any atom is -0.339 e. The van der Waals surface area contributed by atoms with Crippen molar-refractivity contribution in [3.63, 3.8) is 0 Å². The van der Waals surface area contributed by atoms with Gasteiger partial charge in [-0.2, -0.15) is 0 Å². The molecular formula is C17H12Cl2FN3. The van der Waals surface area contributed by atoms with Crippen LogP contribution in [0.4, 0.5) is 15.9 Å². The number of anilines is 2. The third-order valence-corrected chi connectivity index (χ3v) is 3.71. The Morgan fingerprint density at radius 1 is 0.957 bits per heavy atom. The Balaban J connectivity index is 1.97. The van der Waals surface area contributed by atoms with Gasteiger partial charge in [-0.25, -0.2) is 14.4 Å². The van der Waals surface area contributed by atoms with E-state index in [1.54, 1.807) is 18.2 Å². The Kier molecular flexibility index (Phi) is 4.46. The SMILES string of the molecule is Cc1ccc(Cl)c(Nc2cc(Cl)nc(-c3ccc(F)cc3)n2)c1. The number of nitrogens with zero attached hydrogens (tertiary/aromatic N) is 2. The second-order valence-corrected chi connectivity index (χ2v) is 5.81. The van der Waals surface area contributed by atoms with Crippen molar-refractivity contribution in [2.45, 2.75) is 6.92 Å². The first-order valence-electron chi connectivity index (χ1n) is 6.85. The maximum absolute atomic E-state index is 13.0. The van der Waals surface area contributed by atoms with Crippen molar-refractivity contribution >= 4 is 34.7 Å². The van der Waals surface area contributed by atoms with Gasteiger partial charge in [0.1, 0.15) is 16.8 Å². The van der Waals surface area contributed by atoms with Crippen LogP contribution < -0.4 is 5.32 Å². The standard InChI is InChI=1S/C17H12Cl2FN3/c1-10-2-7-13(18)14(8-10)21-16-9-15(19)22-17(23-16)11-3-5-12(20)6-4-11/h2-9H,1H3,(H,21,22,23). The van der Waals surface area contributed by atoms with E-state index < -0.39 is 0 Å². The lowest BCUT2D eigenvalue weighted by Gasteiger charge is -2.10. The van der Waals surface area contributed by atoms with Gasteiger partial charge in [0.2, 0.25) is 0 Å². The molecule has 1 heterocycles. The Labute approximate surface area is 143 Å². The molecule has 3 rings (SSSR count). The second kappa shape index (κ2) is 6.52. The number of benzene rings is 2. The Bertz CT molecular complexity index is 851. The molecule has 0 saturated carbocycles. The van der Waals surface area contributed by atoms with Crippen molar-refractivity contribution in [3.8, 4) is 11.4 Å². The minimum atomic E-state index is -0.319. The van der Waals surface area contributed by atoms with Crippen LogP contribution >= 0.6 is 23.2 Å². The molecule has 0 spiro atoms. The minimum absolute atomic E-state index is 0.283. The Morgan fingerprint density at radius 3 is 2.43 bits per heavy atom. The summed E-state index contributed by atoms with van der Waals surface area (Å²) in [6, 6.07) is 13.2. The van der Waals surface area contributed by atoms with Gasteiger partial charge in [-0.05, 0) is 48.9 Å². The van der Waals surface area contributed by atoms with E-state index >= 15 is 0 Å². The van der Waals surface area contributed by atoms with Crippen molar-refractivity contribution in [3.05, 3.63) is 70.1 Å². The highest BCUT2D eigenvalue weighted by Crippen LogP contribution is 2.28. The first-order valence-corrected chi connectivity index (χ1v) is 7.60. The number of hydrogen-bond acceptors (Lipinski definition) is 3. The van der Waals surface area contributed by atoms with Gasteiger partial charge < -0.3 is 5.32 Å². The summed E-state index contributed by atoms with van der Waals surface area (Å²) >= 11 is 12.2. The number of aryl methyl sites for hydroxylation is 1. The highest BCUT2D eigenvalue weighted by atomic mass is 35.5. The van der Waals surface area contributed by atoms with E-state index in [4.69, 9.17) is 23.2 Å². The van der Waals surface area contributed by atoms with Crippen LogP contribution in [-0.4, -0.2) is 9.97 Å². The summed E-state index contributed by atoms with van der Waals surface area (Å²) in [7, 11) is 0. The number of halogens is 3. The lowest BCUT2D eigenvalue weighted by atomic mass is 10.2. The molecule has 0 fully saturated rings. The molecule has 1 N–H and O–H groups in total. The first kappa shape index (κ1) is 15.7. The quantitative estimate of drug-likeness (QED) is 0.622. The van der Waals surface area contributed by atoms with Crippen LogP contribution in [0.25, 0.3) is 11.4 Å². The Morgan fingerprint density at radius 2 is 1.70 bits per heavy atom. The van der Waals surface area contributed by atoms with Gasteiger partial charge in [0, 0.05) is 11.6 Å². The van der Waals surface area contributed by atoms with Gasteiger partial charge in [0.25, 0.3) is 0 Å². The van der Waals surface area contributed by atoms with Crippen LogP contribution in [0.1, 0.15) is 5.56 Å². The largest absolute Gasteiger partial charge is 0.339 e. The monoisotopic (exact) mass is 347 g/mol. The third kappa shape index (κ3) is 3.78. The molecule has 23 heavy (non-hydrogen) atoms. The lowest BCUT2D eigenvalue weighted by Crippen LogP contribution is -1.98. The van der Waals surface area contributed by atoms with E-state index in [2.05, 4.69) is 15.3 Å². The fourth-order valence-corrected chi connectivity index (χ4v) is 2.43. The van der Waals surface area contributed by atoms with E-state index in [9.17, 15) is 4.39 Å². The molecule has 0 bridgehead atoms. The number of rotatable bonds is 3. The molecular weight excluding hydrogens is 336 g/mol. The highest BCUT2D eigenvalue weighted by Gasteiger charge is 2.08. The molecule has 1 aromatic heterocycles. The van der Waals surface area contributed by atoms with E-state index in [-0.39, 0.29) is 11.0 Å². The summed E-state index contributed by atoms with van der Waals surface area (Å²) in [5.74, 6) is 0.598. The molecule has 0 aliphatic rings. The van der Waals surface area contributed by atoms with Gasteiger partial charge in [-0.3, -0.25) is 0 Å². The molecule has 0 atom stereocenters. The molecule has 6 heteroatoms. The van der Waals surface area contributed by atoms with Crippen molar-refractivity contribution in [2.24, 2.45) is 0 Å². The molecule has 0 saturated heterocycles. The van der Waals surface area contributed by atoms with E-state index in [1.807, 2.05) is 25.1 Å². The predicted molar refractivity (Wildman–Crippen MR) is 91.9 cm³/mol. The van der Waals surface area contributed by atoms with Crippen LogP contribution in [0.2, 0.25) is 10.2 Å². The van der Waals surface area contributed by atoms with Gasteiger partial charge >= 0.3 is 0 Å². The van der Waals surface area contributed by atoms with Crippen LogP contribution in [0.3, 0.4) is 0 Å². The smallest absolute Gasteiger partial charge is 0.163 e. The average molecular weight is 348 g/mol. The fourth-order valence-electron chi connectivity index (χ4n) is 2.08. The van der Waals surface area contributed by atoms with E-state index in [1.165, 1.54) is 12.1 Å². The Hall–Kier alpha value is -2.17. The normalized spacial score (nSPS) is 10.6. The summed E-state index contributed by atoms with van der Waals surface area (Å²) in [4.78, 5) is 8.59. The maximum Gasteiger partial charge on any atom is 0.163 e. The molecule has 0 aliphatic carbocycles. The maximum atomic E-state index is 13.0. The summed E-state index contributed by atoms with van der Waals surface area (Å²) in [5.41, 5.74) is 2.47. The molecule has 0 aliphatic heterocycles. The topological polar surface area (TPSA) is 37.8 Å². The zero-order valence-electron chi connectivity index (χ0n) is 12.1. The van der Waals surface area contributed by atoms with Gasteiger partial charge in [-0.15, -0.1) is 0 Å². The highest BCUT2D eigenvalue weighted by molar-refractivity contribution is 6.33. The van der Waals surface area contributed by atoms with Gasteiger partial charge in [-0.1, -0.05) is 29.3 Å². The number of aromatic nitrogens is 2. The molecule has 3 nitrogen and oxygen atoms in total. The zero-order chi connectivity index (χ0) is 16.4. The van der Waals surface area contributed by atoms with Crippen molar-refractivity contribution < 1.29 is 4.39 Å². The fraction of sp³-hybridized carbons (Fsp3) is 0.0588. The summed E-state index contributed by atoms with van der Waals surface area (Å²) in [6.07, 6.45) is 0. The van der Waals surface area contributed by atoms with Crippen molar-refractivity contribution in [2.75, 3.05) is 5.32 Å². The van der Waals surface area contributed by atoms with Crippen LogP contribution in [0.5, 0.6) is 0 Å². The average Bonchev–Trinajstić information content (AvgIpc) is 2.51. The third-order valence-electron chi connectivity index (χ3n) is 3.18.